The van der Waals surface area contributed by atoms with Gasteiger partial charge in [0.25, 0.3) is 11.8 Å². The third-order valence-corrected chi connectivity index (χ3v) is 7.67. The Balaban J connectivity index is 1.43. The van der Waals surface area contributed by atoms with Crippen molar-refractivity contribution in [3.63, 3.8) is 0 Å². The summed E-state index contributed by atoms with van der Waals surface area (Å²) in [5.74, 6) is -1.26. The number of primary amides is 1. The lowest BCUT2D eigenvalue weighted by Crippen LogP contribution is -2.34. The first-order valence-electron chi connectivity index (χ1n) is 12.7. The quantitative estimate of drug-likeness (QED) is 0.465. The van der Waals surface area contributed by atoms with E-state index >= 15 is 0 Å². The Labute approximate surface area is 218 Å². The third kappa shape index (κ3) is 5.03. The molecule has 2 heterocycles. The van der Waals surface area contributed by atoms with E-state index in [4.69, 9.17) is 5.73 Å². The molecule has 1 aliphatic heterocycles. The van der Waals surface area contributed by atoms with Gasteiger partial charge in [0.2, 0.25) is 0 Å². The fraction of sp³-hybridized carbons (Fsp3) is 0.345. The molecule has 1 aromatic heterocycles. The van der Waals surface area contributed by atoms with Crippen molar-refractivity contribution in [1.29, 1.82) is 0 Å². The van der Waals surface area contributed by atoms with Crippen LogP contribution in [0, 0.1) is 0 Å². The highest BCUT2D eigenvalue weighted by Crippen LogP contribution is 2.51. The summed E-state index contributed by atoms with van der Waals surface area (Å²) in [6, 6.07) is 16.1. The van der Waals surface area contributed by atoms with E-state index in [1.807, 2.05) is 24.3 Å². The van der Waals surface area contributed by atoms with Crippen molar-refractivity contribution in [1.82, 2.24) is 9.88 Å². The van der Waals surface area contributed by atoms with Crippen molar-refractivity contribution >= 4 is 11.8 Å². The van der Waals surface area contributed by atoms with Crippen LogP contribution in [0.25, 0.3) is 11.3 Å². The van der Waals surface area contributed by atoms with Gasteiger partial charge in [-0.2, -0.15) is 13.2 Å². The van der Waals surface area contributed by atoms with Crippen LogP contribution in [-0.2, 0) is 11.0 Å². The molecule has 5 rings (SSSR count). The first kappa shape index (κ1) is 25.9. The number of hydrogen-bond acceptors (Lipinski definition) is 4. The van der Waals surface area contributed by atoms with E-state index in [1.165, 1.54) is 11.0 Å². The molecule has 2 aliphatic rings. The van der Waals surface area contributed by atoms with E-state index < -0.39 is 29.7 Å². The van der Waals surface area contributed by atoms with Gasteiger partial charge in [0.1, 0.15) is 5.69 Å². The molecular weight excluding hydrogens is 495 g/mol. The molecule has 38 heavy (non-hydrogen) atoms. The Kier molecular flexibility index (Phi) is 6.96. The normalized spacial score (nSPS) is 20.2. The number of carbonyl (C=O) groups is 2. The Hall–Kier alpha value is -3.72. The summed E-state index contributed by atoms with van der Waals surface area (Å²) in [6.45, 7) is 1.000. The predicted octanol–water partition coefficient (Wildman–Crippen LogP) is 5.18. The summed E-state index contributed by atoms with van der Waals surface area (Å²) in [4.78, 5) is 30.2. The fourth-order valence-electron chi connectivity index (χ4n) is 5.47. The van der Waals surface area contributed by atoms with Gasteiger partial charge in [0.05, 0.1) is 11.3 Å². The number of likely N-dealkylation sites (tertiary alicyclic amines) is 1. The van der Waals surface area contributed by atoms with Gasteiger partial charge in [-0.1, -0.05) is 36.4 Å². The Bertz CT molecular complexity index is 1350. The summed E-state index contributed by atoms with van der Waals surface area (Å²) in [5.41, 5.74) is 7.65. The van der Waals surface area contributed by atoms with E-state index in [1.54, 1.807) is 18.2 Å². The summed E-state index contributed by atoms with van der Waals surface area (Å²) in [5, 5.41) is 11.0. The van der Waals surface area contributed by atoms with Crippen molar-refractivity contribution in [2.24, 2.45) is 5.73 Å². The van der Waals surface area contributed by atoms with Crippen LogP contribution >= 0.6 is 0 Å². The molecule has 0 radical (unpaired) electrons. The van der Waals surface area contributed by atoms with Gasteiger partial charge in [0.15, 0.2) is 6.10 Å². The molecular formula is C29H28F3N3O3. The summed E-state index contributed by atoms with van der Waals surface area (Å²) < 4.78 is 40.6. The third-order valence-electron chi connectivity index (χ3n) is 7.67. The first-order valence-corrected chi connectivity index (χ1v) is 12.7. The molecule has 198 valence electrons. The molecule has 3 aromatic rings. The van der Waals surface area contributed by atoms with Crippen LogP contribution in [0.2, 0.25) is 0 Å². The standard InChI is InChI=1S/C29H28F3N3O3/c30-29(31,32)19-10-11-22(23(16-19)26(36)28(38)35-14-1-2-15-35)21-13-12-20(21)17-6-8-18(9-7-17)24-4-3-5-25(34-24)27(33)37/h3-11,16,20-21,26,36H,1-2,12-15H2,(H2,33,37)/t20-,21?,26?/m0/s1. The zero-order valence-electron chi connectivity index (χ0n) is 20.6. The van der Waals surface area contributed by atoms with Crippen molar-refractivity contribution in [3.8, 4) is 11.3 Å². The van der Waals surface area contributed by atoms with Gasteiger partial charge in [-0.3, -0.25) is 9.59 Å². The second-order valence-corrected chi connectivity index (χ2v) is 9.96. The Morgan fingerprint density at radius 3 is 2.26 bits per heavy atom. The Morgan fingerprint density at radius 1 is 0.974 bits per heavy atom. The molecule has 1 saturated heterocycles. The minimum Gasteiger partial charge on any atom is -0.378 e. The van der Waals surface area contributed by atoms with Gasteiger partial charge in [-0.25, -0.2) is 4.98 Å². The molecule has 2 aromatic carbocycles. The number of halogens is 3. The van der Waals surface area contributed by atoms with Gasteiger partial charge in [-0.05, 0) is 78.5 Å². The molecule has 1 aliphatic carbocycles. The number of benzene rings is 2. The zero-order valence-corrected chi connectivity index (χ0v) is 20.6. The van der Waals surface area contributed by atoms with Gasteiger partial charge in [0, 0.05) is 18.7 Å². The van der Waals surface area contributed by atoms with Gasteiger partial charge < -0.3 is 15.7 Å². The molecule has 6 nitrogen and oxygen atoms in total. The SMILES string of the molecule is NC(=O)c1cccc(-c2ccc([C@@H]3CCC3c3ccc(C(F)(F)F)cc3C(O)C(=O)N3CCCC3)cc2)n1. The van der Waals surface area contributed by atoms with Crippen LogP contribution in [0.4, 0.5) is 13.2 Å². The lowest BCUT2D eigenvalue weighted by atomic mass is 9.65. The second kappa shape index (κ2) is 10.2. The van der Waals surface area contributed by atoms with Crippen LogP contribution in [0.5, 0.6) is 0 Å². The highest BCUT2D eigenvalue weighted by molar-refractivity contribution is 5.91. The van der Waals surface area contributed by atoms with Crippen LogP contribution in [0.3, 0.4) is 0 Å². The minimum atomic E-state index is -4.58. The molecule has 9 heteroatoms. The molecule has 2 amide bonds. The average Bonchev–Trinajstić information content (AvgIpc) is 3.42. The number of hydrogen-bond donors (Lipinski definition) is 2. The predicted molar refractivity (Wildman–Crippen MR) is 135 cm³/mol. The largest absolute Gasteiger partial charge is 0.416 e. The number of pyridine rings is 1. The maximum absolute atomic E-state index is 13.5. The van der Waals surface area contributed by atoms with E-state index in [-0.39, 0.29) is 23.1 Å². The number of carbonyl (C=O) groups excluding carboxylic acids is 2. The second-order valence-electron chi connectivity index (χ2n) is 9.96. The van der Waals surface area contributed by atoms with Gasteiger partial charge in [-0.15, -0.1) is 0 Å². The van der Waals surface area contributed by atoms with Crippen LogP contribution < -0.4 is 5.73 Å². The molecule has 1 saturated carbocycles. The fourth-order valence-corrected chi connectivity index (χ4v) is 5.47. The molecule has 0 bridgehead atoms. The topological polar surface area (TPSA) is 96.5 Å². The smallest absolute Gasteiger partial charge is 0.378 e. The van der Waals surface area contributed by atoms with E-state index in [2.05, 4.69) is 4.98 Å². The lowest BCUT2D eigenvalue weighted by molar-refractivity contribution is -0.141. The molecule has 2 unspecified atom stereocenters. The number of aliphatic hydroxyl groups excluding tert-OH is 1. The number of alkyl halides is 3. The number of aromatic nitrogens is 1. The maximum atomic E-state index is 13.5. The zero-order chi connectivity index (χ0) is 27.0. The number of amides is 2. The molecule has 3 atom stereocenters. The van der Waals surface area contributed by atoms with Crippen molar-refractivity contribution in [3.05, 3.63) is 88.6 Å². The van der Waals surface area contributed by atoms with E-state index in [9.17, 15) is 27.9 Å². The number of nitrogens with two attached hydrogens (primary N) is 1. The summed E-state index contributed by atoms with van der Waals surface area (Å²) >= 11 is 0. The molecule has 3 N–H and O–H groups in total. The van der Waals surface area contributed by atoms with Crippen molar-refractivity contribution in [2.45, 2.75) is 49.8 Å². The lowest BCUT2D eigenvalue weighted by Gasteiger charge is -2.39. The highest BCUT2D eigenvalue weighted by Gasteiger charge is 2.39. The molecule has 0 spiro atoms. The summed E-state index contributed by atoms with van der Waals surface area (Å²) in [7, 11) is 0. The van der Waals surface area contributed by atoms with Crippen LogP contribution in [-0.4, -0.2) is 39.9 Å². The first-order chi connectivity index (χ1) is 18.1. The molecule has 2 fully saturated rings. The van der Waals surface area contributed by atoms with E-state index in [0.717, 1.165) is 48.9 Å². The van der Waals surface area contributed by atoms with E-state index in [0.29, 0.717) is 24.3 Å². The monoisotopic (exact) mass is 523 g/mol. The van der Waals surface area contributed by atoms with Gasteiger partial charge >= 0.3 is 6.18 Å². The Morgan fingerprint density at radius 2 is 1.66 bits per heavy atom. The van der Waals surface area contributed by atoms with Crippen LogP contribution in [0.1, 0.15) is 76.4 Å². The maximum Gasteiger partial charge on any atom is 0.416 e. The summed E-state index contributed by atoms with van der Waals surface area (Å²) in [6.07, 6.45) is -3.03. The van der Waals surface area contributed by atoms with Crippen molar-refractivity contribution in [2.75, 3.05) is 13.1 Å². The average molecular weight is 524 g/mol. The van der Waals surface area contributed by atoms with Crippen LogP contribution in [0.15, 0.2) is 60.7 Å². The highest BCUT2D eigenvalue weighted by atomic mass is 19.4. The number of aliphatic hydroxyl groups is 1. The number of nitrogens with zero attached hydrogens (tertiary/aromatic N) is 2. The van der Waals surface area contributed by atoms with Crippen molar-refractivity contribution < 1.29 is 27.9 Å². The minimum absolute atomic E-state index is 0.0264. The number of rotatable bonds is 6.